The van der Waals surface area contributed by atoms with Crippen LogP contribution in [0.15, 0.2) is 213 Å². The predicted molar refractivity (Wildman–Crippen MR) is 445 cm³/mol. The molecule has 0 aliphatic carbocycles. The molecule has 10 rings (SSSR count). The molecule has 2 radical (unpaired) electrons. The Morgan fingerprint density at radius 2 is 0.735 bits per heavy atom. The molecule has 10 aromatic rings. The number of aromatic nitrogens is 5. The summed E-state index contributed by atoms with van der Waals surface area (Å²) in [4.78, 5) is 60.1. The molecule has 0 unspecified atom stereocenters. The third kappa shape index (κ3) is 43.8. The second-order valence-electron chi connectivity index (χ2n) is 21.4. The van der Waals surface area contributed by atoms with Crippen molar-refractivity contribution in [3.05, 3.63) is 309 Å². The average Bonchev–Trinajstić information content (AvgIpc) is 0.850. The fraction of sp³-hybridized carbons (Fsp3) is 0.190. The molecular formula is C79H83Cl4F4N10O14PSn. The molecule has 0 spiro atoms. The van der Waals surface area contributed by atoms with Crippen LogP contribution < -0.4 is 25.3 Å². The number of hydrogen-bond acceptors (Lipinski definition) is 21. The second kappa shape index (κ2) is 59.3. The van der Waals surface area contributed by atoms with Gasteiger partial charge in [0.15, 0.2) is 6.29 Å². The van der Waals surface area contributed by atoms with E-state index in [1.54, 1.807) is 117 Å². The first-order valence-corrected chi connectivity index (χ1v) is 43.0. The Labute approximate surface area is 680 Å². The Bertz CT molecular complexity index is 4470. The van der Waals surface area contributed by atoms with Gasteiger partial charge in [0.05, 0.1) is 40.8 Å². The maximum absolute atomic E-state index is 12.2. The number of aliphatic hydroxyl groups excluding tert-OH is 1. The molecular weight excluding hydrogens is 1680 g/mol. The normalized spacial score (nSPS) is 10.4. The van der Waals surface area contributed by atoms with E-state index in [9.17, 15) is 57.3 Å². The molecule has 4 N–H and O–H groups in total. The van der Waals surface area contributed by atoms with Crippen molar-refractivity contribution < 1.29 is 70.1 Å². The molecule has 5 heterocycles. The number of anilines is 2. The Balaban J connectivity index is 0.000000456. The van der Waals surface area contributed by atoms with Crippen LogP contribution in [0.5, 0.6) is 17.6 Å². The van der Waals surface area contributed by atoms with E-state index in [0.29, 0.717) is 52.3 Å². The topological polar surface area (TPSA) is 332 Å². The quantitative estimate of drug-likeness (QED) is 0.00573. The Morgan fingerprint density at radius 3 is 0.991 bits per heavy atom. The van der Waals surface area contributed by atoms with E-state index in [2.05, 4.69) is 30.2 Å². The number of carbonyl (C=O) groups is 1. The number of benzene rings is 5. The molecule has 0 atom stereocenters. The number of aldehydes is 1. The van der Waals surface area contributed by atoms with Gasteiger partial charge in [-0.3, -0.25) is 39.7 Å². The number of nitrogen functional groups attached to an aromatic ring is 1. The van der Waals surface area contributed by atoms with Gasteiger partial charge in [-0.15, -0.1) is 0 Å². The number of nitrogens with two attached hydrogens (primary N) is 1. The van der Waals surface area contributed by atoms with Gasteiger partial charge in [-0.25, -0.2) is 42.5 Å². The number of carbonyl (C=O) groups excluding carboxylic acids is 1. The van der Waals surface area contributed by atoms with Crippen LogP contribution in [0.3, 0.4) is 0 Å². The summed E-state index contributed by atoms with van der Waals surface area (Å²) in [7, 11) is 8.61. The minimum absolute atomic E-state index is 0. The van der Waals surface area contributed by atoms with Crippen LogP contribution in [0, 0.1) is 30.3 Å². The number of non-ortho nitro benzene ring substituents is 3. The number of ether oxygens (including phenoxy) is 3. The van der Waals surface area contributed by atoms with Crippen LogP contribution >= 0.6 is 48.6 Å². The number of rotatable bonds is 29. The van der Waals surface area contributed by atoms with E-state index in [1.807, 2.05) is 122 Å². The van der Waals surface area contributed by atoms with Gasteiger partial charge >= 0.3 is 44.3 Å². The molecule has 0 saturated carbocycles. The molecule has 5 aromatic heterocycles. The molecule has 0 fully saturated rings. The summed E-state index contributed by atoms with van der Waals surface area (Å²) in [5.74, 6) is 1.25. The van der Waals surface area contributed by atoms with Crippen molar-refractivity contribution in [2.75, 3.05) is 84.4 Å². The second-order valence-corrected chi connectivity index (χ2v) is 28.5. The van der Waals surface area contributed by atoms with E-state index in [-0.39, 0.29) is 57.1 Å². The van der Waals surface area contributed by atoms with E-state index in [4.69, 9.17) is 75.1 Å². The number of nitrogens with zero attached hydrogens (tertiary/aromatic N) is 8. The zero-order chi connectivity index (χ0) is 82.2. The number of hydrogen-bond donors (Lipinski definition) is 3. The van der Waals surface area contributed by atoms with Gasteiger partial charge in [0.25, 0.3) is 17.1 Å². The molecule has 0 amide bonds. The Hall–Kier alpha value is -10.5. The zero-order valence-electron chi connectivity index (χ0n) is 60.6. The number of pyridine rings is 5. The van der Waals surface area contributed by atoms with Crippen molar-refractivity contribution in [1.29, 1.82) is 0 Å². The number of alkyl halides is 4. The van der Waals surface area contributed by atoms with Crippen molar-refractivity contribution >= 4 is 151 Å². The number of nitro groups is 3. The van der Waals surface area contributed by atoms with Gasteiger partial charge in [-0.2, -0.15) is 0 Å². The zero-order valence-corrected chi connectivity index (χ0v) is 67.3. The molecule has 5 aromatic carbocycles. The fourth-order valence-electron chi connectivity index (χ4n) is 8.12. The molecule has 113 heavy (non-hydrogen) atoms. The number of nitro benzene ring substituents is 3. The van der Waals surface area contributed by atoms with Gasteiger partial charge < -0.3 is 39.4 Å². The van der Waals surface area contributed by atoms with Crippen molar-refractivity contribution in [3.63, 3.8) is 0 Å². The molecule has 24 nitrogen and oxygen atoms in total. The summed E-state index contributed by atoms with van der Waals surface area (Å²) in [5.41, 5.74) is 16.4. The SMILES string of the molecule is C.CCOP(=O)(Cc1ccc([N+](=O)[O-])cc1)OCC.CNc1ccc(/C=C/c2ccc(OCCF)nc2)cc1.Nc1ccc(/C=C/c2ccc(OCCF)nc2)cc1.O=Cc1ccc(Cl)nc1.O=[N+]([O-])c1ccc(/C=C/c2ccc(Cl)nc2)cc1.O=[N+]([O-])c1ccc(/C=C/c2ccc(OCCF)nc2)cc1.OCCF.[Cl][Sn][Cl]. The molecule has 0 bridgehead atoms. The monoisotopic (exact) mass is 1760 g/mol. The average molecular weight is 1760 g/mol. The first-order valence-electron chi connectivity index (χ1n) is 33.3. The summed E-state index contributed by atoms with van der Waals surface area (Å²) in [6.45, 7) is 1.59. The van der Waals surface area contributed by atoms with Crippen molar-refractivity contribution in [2.24, 2.45) is 0 Å². The van der Waals surface area contributed by atoms with Crippen LogP contribution in [0.1, 0.15) is 81.7 Å². The standard InChI is InChI=1S/C16H17FN2O.C15H13FN2O3.C15H15FN2O.C13H9ClN2O2.C11H16NO5P.C6H4ClNO.C2H5FO.CH4.2ClH.Sn/c1-18-15-7-4-13(5-8-15)2-3-14-6-9-16(19-12-14)20-11-10-17;16-9-10-21-15-8-5-13(11-17-15)2-1-12-3-6-14(7-4-12)18(19)20;16-9-10-19-15-8-5-13(11-18-15)2-1-12-3-6-14(17)7-4-12;14-13-8-5-11(9-15-13)2-1-10-3-6-12(7-4-10)16(17)18;1-3-16-18(15,17-4-2)9-10-5-7-11(8-6-10)12(13)14;7-6-2-1-5(4-9)3-8-6;3-1-2-4;;;;/h2-9,12,18H,10-11H2,1H3;1-8,11H,9-10H2;1-8,11H,9-10,17H2;1-9H;5-8H,3-4,9H2,1-2H3;1-4H;4H,1-2H2;1H4;2*1H;/q;;;;;;;;;;+2/p-2/b3-2+;3*2-1+;;;;;;;. The van der Waals surface area contributed by atoms with Gasteiger partial charge in [-0.1, -0.05) is 122 Å². The number of nitrogens with one attached hydrogen (secondary N) is 1. The van der Waals surface area contributed by atoms with Crippen LogP contribution in [0.2, 0.25) is 10.3 Å². The van der Waals surface area contributed by atoms with Gasteiger partial charge in [0.1, 0.15) is 56.8 Å². The third-order valence-electron chi connectivity index (χ3n) is 13.4. The van der Waals surface area contributed by atoms with Gasteiger partial charge in [-0.05, 0) is 149 Å². The van der Waals surface area contributed by atoms with E-state index >= 15 is 0 Å². The molecule has 0 aliphatic rings. The summed E-state index contributed by atoms with van der Waals surface area (Å²) in [5, 5.41) is 43.0. The van der Waals surface area contributed by atoms with Gasteiger partial charge in [0.2, 0.25) is 17.6 Å². The molecule has 34 heteroatoms. The van der Waals surface area contributed by atoms with Crippen molar-refractivity contribution in [1.82, 2.24) is 24.9 Å². The van der Waals surface area contributed by atoms with E-state index < -0.39 is 68.0 Å². The summed E-state index contributed by atoms with van der Waals surface area (Å²) < 4.78 is 84.0. The number of halogens is 8. The summed E-state index contributed by atoms with van der Waals surface area (Å²) >= 11 is 10.3. The molecule has 598 valence electrons. The third-order valence-corrected chi connectivity index (χ3v) is 15.9. The molecule has 0 saturated heterocycles. The Kier molecular flexibility index (Phi) is 51.7. The summed E-state index contributed by atoms with van der Waals surface area (Å²) in [6, 6.07) is 51.5. The summed E-state index contributed by atoms with van der Waals surface area (Å²) in [6.07, 6.45) is 24.2. The fourth-order valence-corrected chi connectivity index (χ4v) is 10.0. The first-order chi connectivity index (χ1) is 54.1. The van der Waals surface area contributed by atoms with Crippen molar-refractivity contribution in [2.45, 2.75) is 27.4 Å². The first kappa shape index (κ1) is 98.5. The Morgan fingerprint density at radius 1 is 0.460 bits per heavy atom. The van der Waals surface area contributed by atoms with Crippen LogP contribution in [0.25, 0.3) is 48.6 Å². The maximum atomic E-state index is 12.2. The van der Waals surface area contributed by atoms with Crippen LogP contribution in [-0.4, -0.2) is 143 Å². The molecule has 0 aliphatic heterocycles. The van der Waals surface area contributed by atoms with E-state index in [1.165, 1.54) is 42.6 Å². The minimum atomic E-state index is -3.15. The predicted octanol–water partition coefficient (Wildman–Crippen LogP) is 20.6. The van der Waals surface area contributed by atoms with Crippen molar-refractivity contribution in [3.8, 4) is 17.6 Å². The van der Waals surface area contributed by atoms with Crippen LogP contribution in [-0.2, 0) is 19.8 Å². The van der Waals surface area contributed by atoms with E-state index in [0.717, 1.165) is 62.2 Å². The van der Waals surface area contributed by atoms with Crippen LogP contribution in [0.4, 0.5) is 46.0 Å². The number of aliphatic hydroxyl groups is 1. The van der Waals surface area contributed by atoms with Gasteiger partial charge in [0, 0.05) is 110 Å².